The first-order valence-electron chi connectivity index (χ1n) is 6.56. The summed E-state index contributed by atoms with van der Waals surface area (Å²) in [6.07, 6.45) is 1.98. The van der Waals surface area contributed by atoms with Crippen LogP contribution >= 0.6 is 0 Å². The van der Waals surface area contributed by atoms with Crippen molar-refractivity contribution in [2.75, 3.05) is 0 Å². The lowest BCUT2D eigenvalue weighted by atomic mass is 10.0. The number of aromatic nitrogens is 2. The Morgan fingerprint density at radius 2 is 1.95 bits per heavy atom. The minimum atomic E-state index is 0.0592. The summed E-state index contributed by atoms with van der Waals surface area (Å²) in [4.78, 5) is 20.6. The van der Waals surface area contributed by atoms with Gasteiger partial charge in [0.2, 0.25) is 0 Å². The fourth-order valence-corrected chi connectivity index (χ4v) is 2.17. The van der Waals surface area contributed by atoms with Crippen molar-refractivity contribution in [2.24, 2.45) is 0 Å². The summed E-state index contributed by atoms with van der Waals surface area (Å²) in [5.74, 6) is 0.809. The molecule has 0 radical (unpaired) electrons. The van der Waals surface area contributed by atoms with Crippen molar-refractivity contribution in [1.82, 2.24) is 9.97 Å². The van der Waals surface area contributed by atoms with E-state index in [2.05, 4.69) is 16.9 Å². The smallest absolute Gasteiger partial charge is 0.160 e. The van der Waals surface area contributed by atoms with Crippen LogP contribution in [-0.2, 0) is 6.42 Å². The van der Waals surface area contributed by atoms with Gasteiger partial charge in [0.25, 0.3) is 0 Å². The average molecular weight is 254 g/mol. The molecule has 0 saturated carbocycles. The molecule has 0 atom stereocenters. The van der Waals surface area contributed by atoms with E-state index in [9.17, 15) is 4.79 Å². The standard InChI is InChI=1S/C16H18N2O/c1-4-7-13-10-16(18-12(3)17-13)15-9-6-5-8-14(15)11(2)19/h5-6,8-10H,4,7H2,1-3H3. The summed E-state index contributed by atoms with van der Waals surface area (Å²) in [6, 6.07) is 9.57. The zero-order valence-electron chi connectivity index (χ0n) is 11.6. The second-order valence-corrected chi connectivity index (χ2v) is 4.64. The molecule has 0 aliphatic rings. The third kappa shape index (κ3) is 3.05. The molecular weight excluding hydrogens is 236 g/mol. The van der Waals surface area contributed by atoms with Crippen LogP contribution in [0.25, 0.3) is 11.3 Å². The molecule has 3 nitrogen and oxygen atoms in total. The van der Waals surface area contributed by atoms with Crippen LogP contribution in [-0.4, -0.2) is 15.8 Å². The molecular formula is C16H18N2O. The summed E-state index contributed by atoms with van der Waals surface area (Å²) < 4.78 is 0. The third-order valence-corrected chi connectivity index (χ3v) is 2.98. The number of aryl methyl sites for hydroxylation is 2. The molecule has 0 aliphatic carbocycles. The van der Waals surface area contributed by atoms with E-state index in [1.54, 1.807) is 6.92 Å². The summed E-state index contributed by atoms with van der Waals surface area (Å²) in [5, 5.41) is 0. The van der Waals surface area contributed by atoms with Crippen molar-refractivity contribution in [1.29, 1.82) is 0 Å². The van der Waals surface area contributed by atoms with E-state index in [0.717, 1.165) is 35.6 Å². The fourth-order valence-electron chi connectivity index (χ4n) is 2.17. The number of hydrogen-bond donors (Lipinski definition) is 0. The molecule has 1 heterocycles. The maximum absolute atomic E-state index is 11.7. The van der Waals surface area contributed by atoms with E-state index in [4.69, 9.17) is 0 Å². The van der Waals surface area contributed by atoms with Crippen molar-refractivity contribution in [3.05, 3.63) is 47.4 Å². The van der Waals surface area contributed by atoms with Gasteiger partial charge < -0.3 is 0 Å². The molecule has 0 fully saturated rings. The van der Waals surface area contributed by atoms with Gasteiger partial charge in [-0.25, -0.2) is 9.97 Å². The molecule has 0 amide bonds. The van der Waals surface area contributed by atoms with Crippen LogP contribution < -0.4 is 0 Å². The number of carbonyl (C=O) groups excluding carboxylic acids is 1. The van der Waals surface area contributed by atoms with Crippen LogP contribution in [0.2, 0.25) is 0 Å². The molecule has 0 bridgehead atoms. The predicted molar refractivity (Wildman–Crippen MR) is 76.2 cm³/mol. The number of Topliss-reactive ketones (excluding diaryl/α,β-unsaturated/α-hetero) is 1. The Morgan fingerprint density at radius 1 is 1.21 bits per heavy atom. The number of benzene rings is 1. The molecule has 2 aromatic rings. The van der Waals surface area contributed by atoms with Gasteiger partial charge in [0.15, 0.2) is 5.78 Å². The Labute approximate surface area is 113 Å². The zero-order chi connectivity index (χ0) is 13.8. The first kappa shape index (κ1) is 13.4. The zero-order valence-corrected chi connectivity index (χ0v) is 11.6. The van der Waals surface area contributed by atoms with Gasteiger partial charge in [0.05, 0.1) is 5.69 Å². The summed E-state index contributed by atoms with van der Waals surface area (Å²) in [6.45, 7) is 5.60. The van der Waals surface area contributed by atoms with Crippen LogP contribution in [0.4, 0.5) is 0 Å². The van der Waals surface area contributed by atoms with Crippen molar-refractivity contribution in [3.8, 4) is 11.3 Å². The van der Waals surface area contributed by atoms with Crippen molar-refractivity contribution in [3.63, 3.8) is 0 Å². The van der Waals surface area contributed by atoms with Crippen molar-refractivity contribution >= 4 is 5.78 Å². The van der Waals surface area contributed by atoms with Crippen LogP contribution in [0.15, 0.2) is 30.3 Å². The molecule has 1 aromatic carbocycles. The maximum Gasteiger partial charge on any atom is 0.160 e. The minimum absolute atomic E-state index is 0.0592. The predicted octanol–water partition coefficient (Wildman–Crippen LogP) is 3.61. The number of hydrogen-bond acceptors (Lipinski definition) is 3. The monoisotopic (exact) mass is 254 g/mol. The van der Waals surface area contributed by atoms with Gasteiger partial charge in [-0.15, -0.1) is 0 Å². The summed E-state index contributed by atoms with van der Waals surface area (Å²) in [7, 11) is 0. The van der Waals surface area contributed by atoms with Crippen molar-refractivity contribution in [2.45, 2.75) is 33.6 Å². The Morgan fingerprint density at radius 3 is 2.63 bits per heavy atom. The molecule has 0 aliphatic heterocycles. The fraction of sp³-hybridized carbons (Fsp3) is 0.312. The lowest BCUT2D eigenvalue weighted by Crippen LogP contribution is -2.01. The SMILES string of the molecule is CCCc1cc(-c2ccccc2C(C)=O)nc(C)n1. The lowest BCUT2D eigenvalue weighted by Gasteiger charge is -2.08. The number of nitrogens with zero attached hydrogens (tertiary/aromatic N) is 2. The highest BCUT2D eigenvalue weighted by Crippen LogP contribution is 2.23. The van der Waals surface area contributed by atoms with E-state index in [0.29, 0.717) is 5.56 Å². The van der Waals surface area contributed by atoms with Gasteiger partial charge in [-0.1, -0.05) is 37.6 Å². The highest BCUT2D eigenvalue weighted by Gasteiger charge is 2.11. The van der Waals surface area contributed by atoms with Crippen LogP contribution in [0.5, 0.6) is 0 Å². The van der Waals surface area contributed by atoms with Crippen LogP contribution in [0.1, 0.15) is 42.1 Å². The van der Waals surface area contributed by atoms with Gasteiger partial charge in [-0.05, 0) is 26.3 Å². The Kier molecular flexibility index (Phi) is 4.05. The first-order valence-corrected chi connectivity index (χ1v) is 6.56. The Balaban J connectivity index is 2.55. The molecule has 1 aromatic heterocycles. The Hall–Kier alpha value is -2.03. The number of carbonyl (C=O) groups is 1. The highest BCUT2D eigenvalue weighted by atomic mass is 16.1. The molecule has 3 heteroatoms. The van der Waals surface area contributed by atoms with Gasteiger partial charge in [0, 0.05) is 16.8 Å². The lowest BCUT2D eigenvalue weighted by molar-refractivity contribution is 0.101. The van der Waals surface area contributed by atoms with E-state index in [-0.39, 0.29) is 5.78 Å². The highest BCUT2D eigenvalue weighted by molar-refractivity contribution is 6.00. The van der Waals surface area contributed by atoms with Gasteiger partial charge in [-0.3, -0.25) is 4.79 Å². The first-order chi connectivity index (χ1) is 9.11. The van der Waals surface area contributed by atoms with Gasteiger partial charge in [-0.2, -0.15) is 0 Å². The molecule has 0 N–H and O–H groups in total. The maximum atomic E-state index is 11.7. The summed E-state index contributed by atoms with van der Waals surface area (Å²) in [5.41, 5.74) is 3.46. The van der Waals surface area contributed by atoms with E-state index < -0.39 is 0 Å². The van der Waals surface area contributed by atoms with E-state index >= 15 is 0 Å². The van der Waals surface area contributed by atoms with Crippen LogP contribution in [0, 0.1) is 6.92 Å². The number of ketones is 1. The third-order valence-electron chi connectivity index (χ3n) is 2.98. The Bertz CT molecular complexity index is 605. The van der Waals surface area contributed by atoms with Gasteiger partial charge in [0.1, 0.15) is 5.82 Å². The summed E-state index contributed by atoms with van der Waals surface area (Å²) >= 11 is 0. The van der Waals surface area contributed by atoms with E-state index in [1.165, 1.54) is 0 Å². The quantitative estimate of drug-likeness (QED) is 0.783. The normalized spacial score (nSPS) is 10.5. The van der Waals surface area contributed by atoms with Gasteiger partial charge >= 0.3 is 0 Å². The number of rotatable bonds is 4. The van der Waals surface area contributed by atoms with Crippen LogP contribution in [0.3, 0.4) is 0 Å². The van der Waals surface area contributed by atoms with E-state index in [1.807, 2.05) is 37.3 Å². The second-order valence-electron chi connectivity index (χ2n) is 4.64. The molecule has 98 valence electrons. The second kappa shape index (κ2) is 5.74. The molecule has 0 saturated heterocycles. The molecule has 2 rings (SSSR count). The average Bonchev–Trinajstić information content (AvgIpc) is 2.38. The molecule has 0 spiro atoms. The minimum Gasteiger partial charge on any atom is -0.294 e. The largest absolute Gasteiger partial charge is 0.294 e. The molecule has 0 unspecified atom stereocenters. The van der Waals surface area contributed by atoms with Crippen molar-refractivity contribution < 1.29 is 4.79 Å². The molecule has 19 heavy (non-hydrogen) atoms. The topological polar surface area (TPSA) is 42.9 Å².